The Bertz CT molecular complexity index is 1010. The number of fused-ring (bicyclic) bond motifs is 3. The third-order valence-corrected chi connectivity index (χ3v) is 5.80. The molecule has 2 aliphatic rings. The molecule has 0 saturated heterocycles. The Morgan fingerprint density at radius 1 is 1.22 bits per heavy atom. The molecule has 0 aliphatic carbocycles. The number of rotatable bonds is 2. The third kappa shape index (κ3) is 2.74. The zero-order chi connectivity index (χ0) is 19.3. The van der Waals surface area contributed by atoms with Crippen LogP contribution in [0.3, 0.4) is 0 Å². The number of anilines is 1. The van der Waals surface area contributed by atoms with Gasteiger partial charge in [-0.25, -0.2) is 8.78 Å². The summed E-state index contributed by atoms with van der Waals surface area (Å²) in [5, 5.41) is 4.54. The lowest BCUT2D eigenvalue weighted by Crippen LogP contribution is -2.44. The second kappa shape index (κ2) is 6.69. The Balaban J connectivity index is 2.08. The molecule has 2 aliphatic heterocycles. The summed E-state index contributed by atoms with van der Waals surface area (Å²) in [5.41, 5.74) is 3.48. The molecule has 0 aromatic heterocycles. The summed E-state index contributed by atoms with van der Waals surface area (Å²) in [4.78, 5) is 17.7. The monoisotopic (exact) mass is 452 g/mol. The highest BCUT2D eigenvalue weighted by molar-refractivity contribution is 9.10. The molecule has 2 atom stereocenters. The lowest BCUT2D eigenvalue weighted by atomic mass is 9.99. The summed E-state index contributed by atoms with van der Waals surface area (Å²) < 4.78 is 29.6. The average molecular weight is 454 g/mol. The molecule has 0 radical (unpaired) electrons. The van der Waals surface area contributed by atoms with Gasteiger partial charge in [0.25, 0.3) is 0 Å². The maximum atomic E-state index is 14.6. The fourth-order valence-electron chi connectivity index (χ4n) is 3.24. The maximum Gasteiger partial charge on any atom is 0.177 e. The van der Waals surface area contributed by atoms with Crippen LogP contribution in [0, 0.1) is 11.6 Å². The van der Waals surface area contributed by atoms with Crippen molar-refractivity contribution in [1.29, 1.82) is 0 Å². The van der Waals surface area contributed by atoms with Gasteiger partial charge in [0.05, 0.1) is 22.0 Å². The molecule has 9 heteroatoms. The average Bonchev–Trinajstić information content (AvgIpc) is 3.02. The van der Waals surface area contributed by atoms with Crippen molar-refractivity contribution in [3.63, 3.8) is 0 Å². The minimum atomic E-state index is -0.755. The number of nitrogens with zero attached hydrogens (tertiary/aromatic N) is 3. The summed E-state index contributed by atoms with van der Waals surface area (Å²) in [5.74, 6) is -1.02. The van der Waals surface area contributed by atoms with Crippen LogP contribution >= 0.6 is 27.5 Å². The van der Waals surface area contributed by atoms with E-state index in [9.17, 15) is 13.6 Å². The van der Waals surface area contributed by atoms with Crippen molar-refractivity contribution in [1.82, 2.24) is 5.43 Å². The molecule has 5 nitrogen and oxygen atoms in total. The predicted octanol–water partition coefficient (Wildman–Crippen LogP) is 3.87. The third-order valence-electron chi connectivity index (χ3n) is 4.43. The van der Waals surface area contributed by atoms with Gasteiger partial charge in [-0.3, -0.25) is 20.1 Å². The molecule has 1 N–H and O–H groups in total. The van der Waals surface area contributed by atoms with Crippen LogP contribution in [-0.4, -0.2) is 30.0 Å². The van der Waals surface area contributed by atoms with E-state index in [1.165, 1.54) is 18.2 Å². The van der Waals surface area contributed by atoms with Crippen LogP contribution in [0.5, 0.6) is 0 Å². The van der Waals surface area contributed by atoms with E-state index in [1.54, 1.807) is 24.0 Å². The molecule has 2 aromatic rings. The first-order valence-electron chi connectivity index (χ1n) is 8.02. The van der Waals surface area contributed by atoms with Gasteiger partial charge in [-0.1, -0.05) is 17.7 Å². The van der Waals surface area contributed by atoms with E-state index < -0.39 is 23.8 Å². The first-order valence-corrected chi connectivity index (χ1v) is 9.19. The zero-order valence-corrected chi connectivity index (χ0v) is 16.2. The van der Waals surface area contributed by atoms with E-state index >= 15 is 0 Å². The number of aldehydes is 1. The number of carbonyl (C=O) groups excluding carboxylic acids is 1. The Hall–Kier alpha value is -2.32. The van der Waals surface area contributed by atoms with E-state index in [1.807, 2.05) is 0 Å². The number of carbonyl (C=O) groups is 1. The smallest absolute Gasteiger partial charge is 0.177 e. The number of hydrazone groups is 1. The molecular formula is C18H12BrClF2N4O. The fraction of sp³-hybridized carbons (Fsp3) is 0.167. The summed E-state index contributed by atoms with van der Waals surface area (Å²) in [6.07, 6.45) is -0.0567. The maximum absolute atomic E-state index is 14.6. The van der Waals surface area contributed by atoms with Crippen molar-refractivity contribution >= 4 is 51.1 Å². The number of aliphatic imine (C=N–C) groups is 1. The van der Waals surface area contributed by atoms with Gasteiger partial charge in [0, 0.05) is 10.0 Å². The van der Waals surface area contributed by atoms with E-state index in [0.29, 0.717) is 32.9 Å². The standard InChI is InChI=1S/C18H12BrClF2N4O/c1-8-18-25-24-13(7-27)26(18)12-6-5-9(20)16(19)15(12)17(23-8)14-10(21)3-2-4-11(14)22/h2-8,13,24H,1H3/t8-,13?/m0/s1. The predicted molar refractivity (Wildman–Crippen MR) is 104 cm³/mol. The van der Waals surface area contributed by atoms with Crippen LogP contribution in [0.25, 0.3) is 0 Å². The van der Waals surface area contributed by atoms with Crippen molar-refractivity contribution in [3.05, 3.63) is 62.6 Å². The van der Waals surface area contributed by atoms with E-state index in [-0.39, 0.29) is 11.3 Å². The van der Waals surface area contributed by atoms with E-state index in [2.05, 4.69) is 31.4 Å². The Morgan fingerprint density at radius 3 is 2.59 bits per heavy atom. The molecule has 1 unspecified atom stereocenters. The van der Waals surface area contributed by atoms with Crippen molar-refractivity contribution in [2.75, 3.05) is 4.90 Å². The van der Waals surface area contributed by atoms with Gasteiger partial charge in [0.2, 0.25) is 0 Å². The van der Waals surface area contributed by atoms with Crippen molar-refractivity contribution < 1.29 is 13.6 Å². The summed E-state index contributed by atoms with van der Waals surface area (Å²) >= 11 is 9.67. The van der Waals surface area contributed by atoms with Gasteiger partial charge in [-0.2, -0.15) is 5.10 Å². The number of halogens is 4. The summed E-state index contributed by atoms with van der Waals surface area (Å²) in [6.45, 7) is 1.74. The Labute approximate surface area is 166 Å². The second-order valence-corrected chi connectivity index (χ2v) is 7.26. The topological polar surface area (TPSA) is 57.1 Å². The van der Waals surface area contributed by atoms with Crippen LogP contribution in [0.15, 0.2) is 44.9 Å². The summed E-state index contributed by atoms with van der Waals surface area (Å²) in [7, 11) is 0. The molecule has 27 heavy (non-hydrogen) atoms. The van der Waals surface area contributed by atoms with Crippen LogP contribution < -0.4 is 10.3 Å². The minimum Gasteiger partial charge on any atom is -0.299 e. The fourth-order valence-corrected chi connectivity index (χ4v) is 3.92. The highest BCUT2D eigenvalue weighted by Gasteiger charge is 2.38. The molecule has 2 heterocycles. The number of hydrogen-bond donors (Lipinski definition) is 1. The second-order valence-electron chi connectivity index (χ2n) is 6.06. The number of nitrogens with one attached hydrogen (secondary N) is 1. The first kappa shape index (κ1) is 18.1. The van der Waals surface area contributed by atoms with E-state index in [0.717, 1.165) is 0 Å². The SMILES string of the molecule is C[C@@H]1N=C(c2c(F)cccc2F)c2c(ccc(Cl)c2Br)N2C1=NNC2C=O. The van der Waals surface area contributed by atoms with Gasteiger partial charge in [-0.05, 0) is 47.1 Å². The van der Waals surface area contributed by atoms with Crippen molar-refractivity contribution in [2.24, 2.45) is 10.1 Å². The van der Waals surface area contributed by atoms with Crippen LogP contribution in [0.1, 0.15) is 18.1 Å². The first-order chi connectivity index (χ1) is 12.9. The van der Waals surface area contributed by atoms with Gasteiger partial charge < -0.3 is 0 Å². The molecule has 0 fully saturated rings. The van der Waals surface area contributed by atoms with Gasteiger partial charge in [0.1, 0.15) is 17.7 Å². The molecule has 0 bridgehead atoms. The molecule has 4 rings (SSSR count). The lowest BCUT2D eigenvalue weighted by molar-refractivity contribution is -0.109. The number of hydrogen-bond acceptors (Lipinski definition) is 5. The molecule has 2 aromatic carbocycles. The van der Waals surface area contributed by atoms with Crippen LogP contribution in [-0.2, 0) is 4.79 Å². The largest absolute Gasteiger partial charge is 0.299 e. The lowest BCUT2D eigenvalue weighted by Gasteiger charge is -2.26. The van der Waals surface area contributed by atoms with E-state index in [4.69, 9.17) is 11.6 Å². The highest BCUT2D eigenvalue weighted by atomic mass is 79.9. The molecule has 0 spiro atoms. The number of benzene rings is 2. The normalized spacial score (nSPS) is 20.9. The highest BCUT2D eigenvalue weighted by Crippen LogP contribution is 2.40. The molecule has 0 amide bonds. The zero-order valence-electron chi connectivity index (χ0n) is 13.9. The van der Waals surface area contributed by atoms with Crippen molar-refractivity contribution in [2.45, 2.75) is 19.1 Å². The molecule has 138 valence electrons. The number of amidine groups is 1. The Morgan fingerprint density at radius 2 is 1.93 bits per heavy atom. The van der Waals surface area contributed by atoms with Gasteiger partial charge in [0.15, 0.2) is 18.3 Å². The van der Waals surface area contributed by atoms with Gasteiger partial charge in [-0.15, -0.1) is 0 Å². The van der Waals surface area contributed by atoms with Crippen molar-refractivity contribution in [3.8, 4) is 0 Å². The van der Waals surface area contributed by atoms with Gasteiger partial charge >= 0.3 is 0 Å². The molecule has 0 saturated carbocycles. The minimum absolute atomic E-state index is 0.101. The quantitative estimate of drug-likeness (QED) is 0.703. The van der Waals surface area contributed by atoms with Crippen LogP contribution in [0.2, 0.25) is 5.02 Å². The summed E-state index contributed by atoms with van der Waals surface area (Å²) in [6, 6.07) is 6.37. The molecular weight excluding hydrogens is 442 g/mol. The van der Waals surface area contributed by atoms with Crippen LogP contribution in [0.4, 0.5) is 14.5 Å². The Kier molecular flexibility index (Phi) is 4.47.